The molecule has 2 aromatic carbocycles. The zero-order valence-corrected chi connectivity index (χ0v) is 19.9. The molecule has 0 fully saturated rings. The van der Waals surface area contributed by atoms with Gasteiger partial charge in [0.1, 0.15) is 0 Å². The van der Waals surface area contributed by atoms with E-state index in [2.05, 4.69) is 24.7 Å². The van der Waals surface area contributed by atoms with Crippen molar-refractivity contribution in [2.24, 2.45) is 5.14 Å². The van der Waals surface area contributed by atoms with Gasteiger partial charge in [-0.05, 0) is 36.2 Å². The number of nitrogens with zero attached hydrogens (tertiary/aromatic N) is 2. The Morgan fingerprint density at radius 3 is 2.33 bits per heavy atom. The van der Waals surface area contributed by atoms with Gasteiger partial charge in [-0.2, -0.15) is 13.1 Å². The molecule has 1 aromatic heterocycles. The molecular formula is C20H27N7O4S2. The Labute approximate surface area is 193 Å². The highest BCUT2D eigenvalue weighted by molar-refractivity contribution is 7.89. The predicted molar refractivity (Wildman–Crippen MR) is 128 cm³/mol. The van der Waals surface area contributed by atoms with E-state index >= 15 is 0 Å². The molecule has 3 rings (SSSR count). The lowest BCUT2D eigenvalue weighted by Gasteiger charge is -2.11. The smallest absolute Gasteiger partial charge is 0.277 e. The number of hydrogen-bond donors (Lipinski definition) is 5. The normalized spacial score (nSPS) is 11.6. The van der Waals surface area contributed by atoms with E-state index in [0.29, 0.717) is 23.9 Å². The number of nitrogens with two attached hydrogens (primary N) is 1. The lowest BCUT2D eigenvalue weighted by Crippen LogP contribution is -2.35. The first kappa shape index (κ1) is 26.3. The summed E-state index contributed by atoms with van der Waals surface area (Å²) in [5, 5.41) is 8.17. The van der Waals surface area contributed by atoms with E-state index in [9.17, 15) is 16.8 Å². The molecule has 13 heteroatoms. The first-order valence-electron chi connectivity index (χ1n) is 9.64. The fourth-order valence-corrected chi connectivity index (χ4v) is 4.27. The number of aryl methyl sites for hydroxylation is 1. The van der Waals surface area contributed by atoms with E-state index in [4.69, 9.17) is 5.14 Å². The molecule has 3 aromatic rings. The fourth-order valence-electron chi connectivity index (χ4n) is 2.87. The van der Waals surface area contributed by atoms with Gasteiger partial charge in [-0.25, -0.2) is 28.2 Å². The van der Waals surface area contributed by atoms with Gasteiger partial charge in [0.2, 0.25) is 16.0 Å². The molecule has 0 radical (unpaired) electrons. The van der Waals surface area contributed by atoms with Crippen LogP contribution in [-0.2, 0) is 26.8 Å². The Morgan fingerprint density at radius 1 is 1.00 bits per heavy atom. The minimum atomic E-state index is -3.82. The molecule has 11 nitrogen and oxygen atoms in total. The minimum Gasteiger partial charge on any atom is -0.344 e. The maximum absolute atomic E-state index is 11.7. The molecule has 0 saturated heterocycles. The van der Waals surface area contributed by atoms with E-state index < -0.39 is 20.2 Å². The molecule has 8 N–H and O–H groups in total. The first-order valence-corrected chi connectivity index (χ1v) is 12.7. The van der Waals surface area contributed by atoms with E-state index in [1.807, 2.05) is 31.2 Å². The zero-order valence-electron chi connectivity index (χ0n) is 18.2. The quantitative estimate of drug-likeness (QED) is 0.298. The fraction of sp³-hybridized carbons (Fsp3) is 0.200. The summed E-state index contributed by atoms with van der Waals surface area (Å²) in [6.07, 6.45) is 1.66. The third kappa shape index (κ3) is 7.28. The Bertz CT molecular complexity index is 1310. The largest absolute Gasteiger partial charge is 0.344 e. The minimum absolute atomic E-state index is 0. The second-order valence-corrected chi connectivity index (χ2v) is 10.1. The van der Waals surface area contributed by atoms with Crippen LogP contribution in [0.25, 0.3) is 11.3 Å². The predicted octanol–water partition coefficient (Wildman–Crippen LogP) is 1.95. The van der Waals surface area contributed by atoms with Crippen molar-refractivity contribution in [2.75, 3.05) is 11.9 Å². The van der Waals surface area contributed by atoms with E-state index in [-0.39, 0.29) is 17.6 Å². The van der Waals surface area contributed by atoms with Gasteiger partial charge < -0.3 is 11.5 Å². The van der Waals surface area contributed by atoms with Gasteiger partial charge in [0.15, 0.2) is 0 Å². The van der Waals surface area contributed by atoms with Gasteiger partial charge in [-0.3, -0.25) is 0 Å². The number of nitrogens with one attached hydrogen (secondary N) is 3. The molecule has 178 valence electrons. The highest BCUT2D eigenvalue weighted by Gasteiger charge is 2.11. The summed E-state index contributed by atoms with van der Waals surface area (Å²) in [6.45, 7) is 4.05. The van der Waals surface area contributed by atoms with Crippen LogP contribution in [0.15, 0.2) is 59.6 Å². The molecule has 1 heterocycles. The summed E-state index contributed by atoms with van der Waals surface area (Å²) in [4.78, 5) is 8.78. The SMILES string of the molecule is CCNS(=O)(=O)NCc1ccc(-c2nc(Nc3cccc(S(N)(=O)=O)c3)ncc2C)cc1.N. The highest BCUT2D eigenvalue weighted by Crippen LogP contribution is 2.24. The van der Waals surface area contributed by atoms with Gasteiger partial charge >= 0.3 is 0 Å². The monoisotopic (exact) mass is 493 g/mol. The Hall–Kier alpha value is -2.94. The van der Waals surface area contributed by atoms with Crippen LogP contribution in [0, 0.1) is 6.92 Å². The molecule has 0 atom stereocenters. The van der Waals surface area contributed by atoms with Crippen LogP contribution in [0.1, 0.15) is 18.1 Å². The number of primary sulfonamides is 1. The molecule has 0 spiro atoms. The van der Waals surface area contributed by atoms with Crippen molar-refractivity contribution in [1.82, 2.24) is 25.6 Å². The van der Waals surface area contributed by atoms with Crippen LogP contribution in [0.4, 0.5) is 11.6 Å². The number of anilines is 2. The van der Waals surface area contributed by atoms with Gasteiger partial charge in [0.05, 0.1) is 10.6 Å². The van der Waals surface area contributed by atoms with Crippen molar-refractivity contribution in [3.05, 3.63) is 65.9 Å². The third-order valence-corrected chi connectivity index (χ3v) is 6.52. The topological polar surface area (TPSA) is 191 Å². The summed E-state index contributed by atoms with van der Waals surface area (Å²) < 4.78 is 51.4. The average molecular weight is 494 g/mol. The molecule has 0 amide bonds. The summed E-state index contributed by atoms with van der Waals surface area (Å²) >= 11 is 0. The third-order valence-electron chi connectivity index (χ3n) is 4.42. The molecule has 0 unspecified atom stereocenters. The number of hydrogen-bond acceptors (Lipinski definition) is 8. The van der Waals surface area contributed by atoms with Gasteiger partial charge in [0, 0.05) is 30.5 Å². The summed E-state index contributed by atoms with van der Waals surface area (Å²) in [6, 6.07) is 13.4. The zero-order chi connectivity index (χ0) is 23.4. The van der Waals surface area contributed by atoms with E-state index in [1.165, 1.54) is 12.1 Å². The number of aromatic nitrogens is 2. The molecule has 33 heavy (non-hydrogen) atoms. The van der Waals surface area contributed by atoms with Crippen LogP contribution < -0.4 is 26.1 Å². The van der Waals surface area contributed by atoms with Gasteiger partial charge in [-0.15, -0.1) is 0 Å². The summed E-state index contributed by atoms with van der Waals surface area (Å²) in [7, 11) is -7.35. The van der Waals surface area contributed by atoms with Crippen molar-refractivity contribution >= 4 is 31.9 Å². The van der Waals surface area contributed by atoms with Crippen molar-refractivity contribution in [1.29, 1.82) is 0 Å². The Balaban J connectivity index is 0.00000385. The lowest BCUT2D eigenvalue weighted by atomic mass is 10.1. The average Bonchev–Trinajstić information content (AvgIpc) is 2.74. The van der Waals surface area contributed by atoms with Crippen molar-refractivity contribution in [2.45, 2.75) is 25.3 Å². The summed E-state index contributed by atoms with van der Waals surface area (Å²) in [5.41, 5.74) is 3.62. The Morgan fingerprint density at radius 2 is 1.70 bits per heavy atom. The number of rotatable bonds is 9. The van der Waals surface area contributed by atoms with E-state index in [0.717, 1.165) is 16.7 Å². The van der Waals surface area contributed by atoms with Gasteiger partial charge in [-0.1, -0.05) is 37.3 Å². The van der Waals surface area contributed by atoms with Crippen molar-refractivity contribution in [3.63, 3.8) is 0 Å². The summed E-state index contributed by atoms with van der Waals surface area (Å²) in [5.74, 6) is 0.291. The van der Waals surface area contributed by atoms with Crippen LogP contribution in [-0.4, -0.2) is 33.3 Å². The molecule has 0 bridgehead atoms. The highest BCUT2D eigenvalue weighted by atomic mass is 32.2. The second-order valence-electron chi connectivity index (χ2n) is 6.94. The Kier molecular flexibility index (Phi) is 8.60. The molecule has 0 saturated carbocycles. The molecule has 0 aliphatic carbocycles. The molecular weight excluding hydrogens is 466 g/mol. The van der Waals surface area contributed by atoms with Gasteiger partial charge in [0.25, 0.3) is 10.2 Å². The number of sulfonamides is 1. The van der Waals surface area contributed by atoms with Crippen LogP contribution in [0.5, 0.6) is 0 Å². The van der Waals surface area contributed by atoms with Crippen molar-refractivity contribution < 1.29 is 16.8 Å². The maximum atomic E-state index is 11.7. The van der Waals surface area contributed by atoms with E-state index in [1.54, 1.807) is 25.3 Å². The second kappa shape index (κ2) is 10.8. The van der Waals surface area contributed by atoms with Crippen LogP contribution in [0.2, 0.25) is 0 Å². The lowest BCUT2D eigenvalue weighted by molar-refractivity contribution is 0.568. The maximum Gasteiger partial charge on any atom is 0.277 e. The standard InChI is InChI=1S/C20H24N6O4S2.H3N/c1-3-23-32(29,30)24-13-15-7-9-16(10-8-15)19-14(2)12-22-20(26-19)25-17-5-4-6-18(11-17)31(21,27)28;/h4-12,23-24H,3,13H2,1-2H3,(H2,21,27,28)(H,22,25,26);1H3. The molecule has 0 aliphatic heterocycles. The number of benzene rings is 2. The van der Waals surface area contributed by atoms with Crippen molar-refractivity contribution in [3.8, 4) is 11.3 Å². The van der Waals surface area contributed by atoms with Crippen LogP contribution in [0.3, 0.4) is 0 Å². The van der Waals surface area contributed by atoms with Crippen LogP contribution >= 0.6 is 0 Å². The first-order chi connectivity index (χ1) is 15.1. The molecule has 0 aliphatic rings.